The van der Waals surface area contributed by atoms with Gasteiger partial charge in [-0.2, -0.15) is 13.2 Å². The molecule has 1 aromatic heterocycles. The summed E-state index contributed by atoms with van der Waals surface area (Å²) >= 11 is 0. The van der Waals surface area contributed by atoms with Crippen molar-refractivity contribution in [2.45, 2.75) is 17.6 Å². The van der Waals surface area contributed by atoms with Gasteiger partial charge in [-0.05, 0) is 29.8 Å². The standard InChI is InChI=1S/C17H12F4N2O2S/c18-15-7-6-13(9-14(15)17(19,20)21)26(24,25)23-10-12-4-1-3-11-5-2-8-22-16(11)12/h1-9,23H,10H2. The quantitative estimate of drug-likeness (QED) is 0.695. The van der Waals surface area contributed by atoms with Crippen molar-refractivity contribution < 1.29 is 26.0 Å². The van der Waals surface area contributed by atoms with Gasteiger partial charge in [0.15, 0.2) is 0 Å². The van der Waals surface area contributed by atoms with E-state index in [4.69, 9.17) is 0 Å². The van der Waals surface area contributed by atoms with Crippen LogP contribution in [0.1, 0.15) is 11.1 Å². The predicted octanol–water partition coefficient (Wildman–Crippen LogP) is 3.87. The summed E-state index contributed by atoms with van der Waals surface area (Å²) in [4.78, 5) is 3.51. The molecule has 9 heteroatoms. The summed E-state index contributed by atoms with van der Waals surface area (Å²) in [5.41, 5.74) is -0.496. The Bertz CT molecular complexity index is 1060. The molecule has 0 radical (unpaired) electrons. The van der Waals surface area contributed by atoms with Crippen LogP contribution in [0, 0.1) is 5.82 Å². The van der Waals surface area contributed by atoms with Crippen LogP contribution in [0.5, 0.6) is 0 Å². The number of nitrogens with zero attached hydrogens (tertiary/aromatic N) is 1. The fourth-order valence-electron chi connectivity index (χ4n) is 2.45. The van der Waals surface area contributed by atoms with Crippen molar-refractivity contribution >= 4 is 20.9 Å². The zero-order chi connectivity index (χ0) is 18.9. The van der Waals surface area contributed by atoms with Crippen LogP contribution in [0.3, 0.4) is 0 Å². The first-order valence-electron chi connectivity index (χ1n) is 7.37. The molecule has 0 aliphatic rings. The van der Waals surface area contributed by atoms with Gasteiger partial charge in [-0.1, -0.05) is 24.3 Å². The van der Waals surface area contributed by atoms with E-state index in [2.05, 4.69) is 9.71 Å². The molecule has 0 aliphatic heterocycles. The number of hydrogen-bond donors (Lipinski definition) is 1. The van der Waals surface area contributed by atoms with E-state index < -0.39 is 32.5 Å². The van der Waals surface area contributed by atoms with Crippen LogP contribution >= 0.6 is 0 Å². The Morgan fingerprint density at radius 3 is 2.50 bits per heavy atom. The number of fused-ring (bicyclic) bond motifs is 1. The number of aromatic nitrogens is 1. The van der Waals surface area contributed by atoms with Gasteiger partial charge in [0.2, 0.25) is 10.0 Å². The molecule has 0 amide bonds. The van der Waals surface area contributed by atoms with Crippen molar-refractivity contribution in [2.75, 3.05) is 0 Å². The van der Waals surface area contributed by atoms with Gasteiger partial charge in [-0.3, -0.25) is 4.98 Å². The third-order valence-corrected chi connectivity index (χ3v) is 5.12. The lowest BCUT2D eigenvalue weighted by Crippen LogP contribution is -2.24. The molecule has 26 heavy (non-hydrogen) atoms. The predicted molar refractivity (Wildman–Crippen MR) is 87.2 cm³/mol. The molecule has 3 aromatic rings. The highest BCUT2D eigenvalue weighted by molar-refractivity contribution is 7.89. The first-order valence-corrected chi connectivity index (χ1v) is 8.86. The molecule has 1 N–H and O–H groups in total. The zero-order valence-electron chi connectivity index (χ0n) is 13.1. The molecule has 4 nitrogen and oxygen atoms in total. The number of halogens is 4. The van der Waals surface area contributed by atoms with Crippen molar-refractivity contribution in [2.24, 2.45) is 0 Å². The maximum atomic E-state index is 13.3. The van der Waals surface area contributed by atoms with Gasteiger partial charge in [-0.25, -0.2) is 17.5 Å². The van der Waals surface area contributed by atoms with Crippen LogP contribution in [0.2, 0.25) is 0 Å². The number of pyridine rings is 1. The van der Waals surface area contributed by atoms with Crippen molar-refractivity contribution in [3.8, 4) is 0 Å². The fourth-order valence-corrected chi connectivity index (χ4v) is 3.49. The Morgan fingerprint density at radius 2 is 1.77 bits per heavy atom. The molecule has 0 aliphatic carbocycles. The molecule has 0 fully saturated rings. The van der Waals surface area contributed by atoms with Gasteiger partial charge in [0.05, 0.1) is 16.0 Å². The summed E-state index contributed by atoms with van der Waals surface area (Å²) in [7, 11) is -4.27. The summed E-state index contributed by atoms with van der Waals surface area (Å²) in [5.74, 6) is -1.53. The minimum absolute atomic E-state index is 0.171. The molecule has 0 spiro atoms. The summed E-state index contributed by atoms with van der Waals surface area (Å²) in [5, 5.41) is 0.797. The van der Waals surface area contributed by atoms with Crippen molar-refractivity contribution in [3.63, 3.8) is 0 Å². The SMILES string of the molecule is O=S(=O)(NCc1cccc2cccnc12)c1ccc(F)c(C(F)(F)F)c1. The number of nitrogens with one attached hydrogen (secondary N) is 1. The van der Waals surface area contributed by atoms with Gasteiger partial charge in [0.25, 0.3) is 0 Å². The van der Waals surface area contributed by atoms with E-state index in [1.54, 1.807) is 36.5 Å². The number of sulfonamides is 1. The minimum atomic E-state index is -4.99. The molecule has 0 unspecified atom stereocenters. The molecular weight excluding hydrogens is 372 g/mol. The lowest BCUT2D eigenvalue weighted by molar-refractivity contribution is -0.140. The molecule has 136 valence electrons. The molecular formula is C17H12F4N2O2S. The monoisotopic (exact) mass is 384 g/mol. The highest BCUT2D eigenvalue weighted by atomic mass is 32.2. The topological polar surface area (TPSA) is 59.1 Å². The summed E-state index contributed by atoms with van der Waals surface area (Å²) in [6.07, 6.45) is -3.44. The van der Waals surface area contributed by atoms with E-state index in [9.17, 15) is 26.0 Å². The second-order valence-corrected chi connectivity index (χ2v) is 7.22. The smallest absolute Gasteiger partial charge is 0.256 e. The highest BCUT2D eigenvalue weighted by Crippen LogP contribution is 2.32. The third-order valence-electron chi connectivity index (χ3n) is 3.72. The summed E-state index contributed by atoms with van der Waals surface area (Å²) < 4.78 is 78.5. The van der Waals surface area contributed by atoms with Crippen LogP contribution in [0.25, 0.3) is 10.9 Å². The van der Waals surface area contributed by atoms with E-state index in [1.807, 2.05) is 0 Å². The van der Waals surface area contributed by atoms with Crippen LogP contribution in [-0.4, -0.2) is 13.4 Å². The van der Waals surface area contributed by atoms with Crippen molar-refractivity contribution in [1.29, 1.82) is 0 Å². The normalized spacial score (nSPS) is 12.5. The number of hydrogen-bond acceptors (Lipinski definition) is 3. The Morgan fingerprint density at radius 1 is 1.04 bits per heavy atom. The van der Waals surface area contributed by atoms with Gasteiger partial charge in [-0.15, -0.1) is 0 Å². The molecule has 0 bridgehead atoms. The molecule has 0 saturated heterocycles. The number of alkyl halides is 3. The second kappa shape index (κ2) is 6.65. The van der Waals surface area contributed by atoms with E-state index >= 15 is 0 Å². The van der Waals surface area contributed by atoms with E-state index in [0.717, 1.165) is 11.5 Å². The van der Waals surface area contributed by atoms with Crippen molar-refractivity contribution in [1.82, 2.24) is 9.71 Å². The number of rotatable bonds is 4. The van der Waals surface area contributed by atoms with Crippen LogP contribution in [0.4, 0.5) is 17.6 Å². The van der Waals surface area contributed by atoms with E-state index in [1.165, 1.54) is 0 Å². The number of benzene rings is 2. The largest absolute Gasteiger partial charge is 0.419 e. The zero-order valence-corrected chi connectivity index (χ0v) is 13.9. The van der Waals surface area contributed by atoms with Crippen molar-refractivity contribution in [3.05, 3.63) is 71.7 Å². The average molecular weight is 384 g/mol. The lowest BCUT2D eigenvalue weighted by Gasteiger charge is -2.12. The lowest BCUT2D eigenvalue weighted by atomic mass is 10.1. The second-order valence-electron chi connectivity index (χ2n) is 5.46. The van der Waals surface area contributed by atoms with E-state index in [-0.39, 0.29) is 12.6 Å². The van der Waals surface area contributed by atoms with Gasteiger partial charge < -0.3 is 0 Å². The molecule has 0 atom stereocenters. The first-order chi connectivity index (χ1) is 12.2. The maximum Gasteiger partial charge on any atom is 0.419 e. The third kappa shape index (κ3) is 3.68. The average Bonchev–Trinajstić information content (AvgIpc) is 2.59. The van der Waals surface area contributed by atoms with E-state index in [0.29, 0.717) is 17.1 Å². The van der Waals surface area contributed by atoms with Gasteiger partial charge in [0, 0.05) is 18.1 Å². The van der Waals surface area contributed by atoms with Gasteiger partial charge >= 0.3 is 6.18 Å². The highest BCUT2D eigenvalue weighted by Gasteiger charge is 2.35. The molecule has 2 aromatic carbocycles. The molecule has 1 heterocycles. The Labute approximate surface area is 146 Å². The fraction of sp³-hybridized carbons (Fsp3) is 0.118. The van der Waals surface area contributed by atoms with Gasteiger partial charge in [0.1, 0.15) is 5.82 Å². The van der Waals surface area contributed by atoms with Crippen LogP contribution < -0.4 is 4.72 Å². The Kier molecular flexibility index (Phi) is 4.68. The maximum absolute atomic E-state index is 13.3. The molecule has 3 rings (SSSR count). The Balaban J connectivity index is 1.90. The molecule has 0 saturated carbocycles. The summed E-state index contributed by atoms with van der Waals surface area (Å²) in [6.45, 7) is -0.171. The summed E-state index contributed by atoms with van der Waals surface area (Å²) in [6, 6.07) is 10.3. The number of para-hydroxylation sites is 1. The first kappa shape index (κ1) is 18.3. The Hall–Kier alpha value is -2.52. The van der Waals surface area contributed by atoms with Crippen LogP contribution in [0.15, 0.2) is 59.6 Å². The van der Waals surface area contributed by atoms with Crippen LogP contribution in [-0.2, 0) is 22.7 Å². The minimum Gasteiger partial charge on any atom is -0.256 e.